The van der Waals surface area contributed by atoms with Crippen molar-refractivity contribution >= 4 is 17.4 Å². The van der Waals surface area contributed by atoms with E-state index in [1.165, 1.54) is 6.92 Å². The molecule has 0 aromatic heterocycles. The molecule has 3 rings (SSSR count). The molecular weight excluding hydrogens is 346 g/mol. The Morgan fingerprint density at radius 2 is 1.81 bits per heavy atom. The van der Waals surface area contributed by atoms with Crippen LogP contribution in [0.2, 0.25) is 0 Å². The monoisotopic (exact) mass is 367 g/mol. The first kappa shape index (κ1) is 18.8. The smallest absolute Gasteiger partial charge is 0.293 e. The van der Waals surface area contributed by atoms with Crippen molar-refractivity contribution in [2.45, 2.75) is 32.6 Å². The summed E-state index contributed by atoms with van der Waals surface area (Å²) in [5.41, 5.74) is 4.81. The number of hydrogen-bond acceptors (Lipinski definition) is 7. The number of nitrogens with zero attached hydrogens (tertiary/aromatic N) is 3. The average Bonchev–Trinajstić information content (AvgIpc) is 3.21. The summed E-state index contributed by atoms with van der Waals surface area (Å²) in [6.45, 7) is 5.45. The van der Waals surface area contributed by atoms with E-state index in [1.807, 2.05) is 0 Å². The first-order valence-electron chi connectivity index (χ1n) is 8.72. The van der Waals surface area contributed by atoms with Crippen molar-refractivity contribution in [3.05, 3.63) is 29.8 Å². The fourth-order valence-electron chi connectivity index (χ4n) is 4.21. The van der Waals surface area contributed by atoms with Crippen LogP contribution in [-0.4, -0.2) is 30.9 Å². The van der Waals surface area contributed by atoms with Crippen LogP contribution in [0.1, 0.15) is 32.3 Å². The van der Waals surface area contributed by atoms with Gasteiger partial charge in [0.05, 0.1) is 12.1 Å². The molecule has 0 saturated heterocycles. The van der Waals surface area contributed by atoms with E-state index in [4.69, 9.17) is 15.2 Å². The van der Waals surface area contributed by atoms with Gasteiger partial charge in [-0.25, -0.2) is 4.99 Å². The maximum Gasteiger partial charge on any atom is 0.293 e. The van der Waals surface area contributed by atoms with E-state index in [1.54, 1.807) is 38.1 Å². The van der Waals surface area contributed by atoms with Crippen LogP contribution in [0.5, 0.6) is 0 Å². The zero-order chi connectivity index (χ0) is 19.9. The summed E-state index contributed by atoms with van der Waals surface area (Å²) in [7, 11) is 0. The summed E-state index contributed by atoms with van der Waals surface area (Å²) in [6.07, 6.45) is 0. The van der Waals surface area contributed by atoms with Gasteiger partial charge in [-0.1, -0.05) is 12.1 Å². The molecule has 1 aromatic carbocycles. The predicted octanol–water partition coefficient (Wildman–Crippen LogP) is 1.86. The minimum Gasteiger partial charge on any atom is -0.386 e. The molecule has 1 aromatic rings. The second kappa shape index (κ2) is 6.34. The number of anilines is 1. The van der Waals surface area contributed by atoms with Gasteiger partial charge in [0, 0.05) is 31.7 Å². The molecule has 1 heterocycles. The van der Waals surface area contributed by atoms with Crippen LogP contribution in [0, 0.1) is 33.5 Å². The Labute approximate surface area is 157 Å². The fraction of sp³-hybridized carbons (Fsp3) is 0.474. The molecule has 8 heteroatoms. The fourth-order valence-corrected chi connectivity index (χ4v) is 4.21. The van der Waals surface area contributed by atoms with Crippen molar-refractivity contribution in [3.8, 4) is 12.1 Å². The van der Waals surface area contributed by atoms with Gasteiger partial charge < -0.3 is 20.5 Å². The van der Waals surface area contributed by atoms with Crippen molar-refractivity contribution in [1.29, 1.82) is 10.5 Å². The highest BCUT2D eigenvalue weighted by molar-refractivity contribution is 6.00. The maximum absolute atomic E-state index is 11.2. The van der Waals surface area contributed by atoms with Gasteiger partial charge >= 0.3 is 0 Å². The third-order valence-corrected chi connectivity index (χ3v) is 5.17. The largest absolute Gasteiger partial charge is 0.386 e. The predicted molar refractivity (Wildman–Crippen MR) is 97.2 cm³/mol. The van der Waals surface area contributed by atoms with Crippen molar-refractivity contribution < 1.29 is 14.3 Å². The summed E-state index contributed by atoms with van der Waals surface area (Å²) in [5.74, 6) is -2.31. The molecule has 1 aliphatic heterocycles. The molecule has 3 atom stereocenters. The molecule has 8 nitrogen and oxygen atoms in total. The number of rotatable bonds is 6. The summed E-state index contributed by atoms with van der Waals surface area (Å²) in [4.78, 5) is 15.5. The van der Waals surface area contributed by atoms with E-state index in [0.29, 0.717) is 5.69 Å². The van der Waals surface area contributed by atoms with Gasteiger partial charge in [-0.3, -0.25) is 4.79 Å². The lowest BCUT2D eigenvalue weighted by molar-refractivity contribution is -0.255. The van der Waals surface area contributed by atoms with Gasteiger partial charge in [-0.15, -0.1) is 0 Å². The SMILES string of the molecule is CCOC1(OCC)N=C(N)[C@]2(C#N)[C@@H](c3ccc(NC(C)=O)cc3)[C@@]12C#N. The van der Waals surface area contributed by atoms with Crippen LogP contribution in [0.4, 0.5) is 5.69 Å². The number of hydrogen-bond donors (Lipinski definition) is 2. The van der Waals surface area contributed by atoms with Crippen LogP contribution >= 0.6 is 0 Å². The van der Waals surface area contributed by atoms with Gasteiger partial charge in [-0.05, 0) is 31.5 Å². The number of aliphatic imine (C=N–C) groups is 1. The molecule has 1 aliphatic carbocycles. The van der Waals surface area contributed by atoms with Crippen LogP contribution < -0.4 is 11.1 Å². The zero-order valence-electron chi connectivity index (χ0n) is 15.4. The molecule has 2 aliphatic rings. The molecule has 27 heavy (non-hydrogen) atoms. The highest BCUT2D eigenvalue weighted by Gasteiger charge is 2.93. The van der Waals surface area contributed by atoms with Gasteiger partial charge in [0.15, 0.2) is 5.41 Å². The Morgan fingerprint density at radius 3 is 2.26 bits per heavy atom. The Bertz CT molecular complexity index is 876. The van der Waals surface area contributed by atoms with Gasteiger partial charge in [0.2, 0.25) is 5.91 Å². The lowest BCUT2D eigenvalue weighted by Crippen LogP contribution is -2.43. The van der Waals surface area contributed by atoms with E-state index < -0.39 is 22.7 Å². The summed E-state index contributed by atoms with van der Waals surface area (Å²) in [5, 5.41) is 22.8. The number of carbonyl (C=O) groups is 1. The standard InChI is InChI=1S/C19H21N5O3/c1-4-26-19(27-5-2)18(11-21)15(17(18,10-20)16(22)24-19)13-6-8-14(9-7-13)23-12(3)25/h6-9,15H,4-5H2,1-3H3,(H2,22,24)(H,23,25)/t15-,17+,18-/m1/s1. The Kier molecular flexibility index (Phi) is 4.43. The lowest BCUT2D eigenvalue weighted by atomic mass is 9.93. The number of ether oxygens (including phenoxy) is 2. The van der Waals surface area contributed by atoms with Gasteiger partial charge in [-0.2, -0.15) is 10.5 Å². The van der Waals surface area contributed by atoms with Crippen LogP contribution in [0.3, 0.4) is 0 Å². The van der Waals surface area contributed by atoms with Crippen molar-refractivity contribution in [3.63, 3.8) is 0 Å². The lowest BCUT2D eigenvalue weighted by Gasteiger charge is -2.31. The molecule has 0 bridgehead atoms. The van der Waals surface area contributed by atoms with Crippen molar-refractivity contribution in [2.75, 3.05) is 18.5 Å². The highest BCUT2D eigenvalue weighted by Crippen LogP contribution is 2.81. The maximum atomic E-state index is 11.2. The molecule has 1 amide bonds. The van der Waals surface area contributed by atoms with Gasteiger partial charge in [0.25, 0.3) is 5.91 Å². The first-order valence-corrected chi connectivity index (χ1v) is 8.72. The van der Waals surface area contributed by atoms with E-state index >= 15 is 0 Å². The Morgan fingerprint density at radius 1 is 1.22 bits per heavy atom. The summed E-state index contributed by atoms with van der Waals surface area (Å²) >= 11 is 0. The van der Waals surface area contributed by atoms with Crippen LogP contribution in [0.15, 0.2) is 29.3 Å². The average molecular weight is 367 g/mol. The summed E-state index contributed by atoms with van der Waals surface area (Å²) in [6, 6.07) is 11.4. The molecule has 0 radical (unpaired) electrons. The number of benzene rings is 1. The topological polar surface area (TPSA) is 134 Å². The van der Waals surface area contributed by atoms with Crippen molar-refractivity contribution in [2.24, 2.45) is 21.6 Å². The Hall–Kier alpha value is -2.94. The molecule has 0 spiro atoms. The molecule has 0 unspecified atom stereocenters. The van der Waals surface area contributed by atoms with E-state index in [2.05, 4.69) is 22.4 Å². The normalized spacial score (nSPS) is 29.8. The van der Waals surface area contributed by atoms with E-state index in [0.717, 1.165) is 5.56 Å². The number of nitrogens with one attached hydrogen (secondary N) is 1. The summed E-state index contributed by atoms with van der Waals surface area (Å²) < 4.78 is 11.6. The third-order valence-electron chi connectivity index (χ3n) is 5.17. The minimum absolute atomic E-state index is 0.0457. The number of nitriles is 2. The van der Waals surface area contributed by atoms with E-state index in [-0.39, 0.29) is 25.0 Å². The number of carbonyl (C=O) groups excluding carboxylic acids is 1. The quantitative estimate of drug-likeness (QED) is 0.737. The third kappa shape index (κ3) is 2.21. The zero-order valence-corrected chi connectivity index (χ0v) is 15.4. The number of amidine groups is 1. The number of fused-ring (bicyclic) bond motifs is 1. The van der Waals surface area contributed by atoms with Gasteiger partial charge in [0.1, 0.15) is 11.3 Å². The van der Waals surface area contributed by atoms with Crippen LogP contribution in [0.25, 0.3) is 0 Å². The number of nitrogens with two attached hydrogens (primary N) is 1. The van der Waals surface area contributed by atoms with Crippen LogP contribution in [-0.2, 0) is 14.3 Å². The van der Waals surface area contributed by atoms with Crippen molar-refractivity contribution in [1.82, 2.24) is 0 Å². The molecular formula is C19H21N5O3. The molecule has 1 saturated carbocycles. The minimum atomic E-state index is -1.62. The molecule has 3 N–H and O–H groups in total. The number of amides is 1. The molecule has 140 valence electrons. The molecule has 1 fully saturated rings. The Balaban J connectivity index is 2.10. The highest BCUT2D eigenvalue weighted by atomic mass is 16.7. The first-order chi connectivity index (χ1) is 12.9. The van der Waals surface area contributed by atoms with E-state index in [9.17, 15) is 15.3 Å². The second-order valence-corrected chi connectivity index (χ2v) is 6.52. The second-order valence-electron chi connectivity index (χ2n) is 6.52.